The summed E-state index contributed by atoms with van der Waals surface area (Å²) in [7, 11) is 2.13. The number of benzene rings is 2. The van der Waals surface area contributed by atoms with E-state index in [0.29, 0.717) is 0 Å². The summed E-state index contributed by atoms with van der Waals surface area (Å²) in [5, 5.41) is 0. The summed E-state index contributed by atoms with van der Waals surface area (Å²) in [4.78, 5) is 2.27. The van der Waals surface area contributed by atoms with Gasteiger partial charge in [-0.2, -0.15) is 0 Å². The van der Waals surface area contributed by atoms with Crippen molar-refractivity contribution in [2.45, 2.75) is 6.54 Å². The molecule has 2 heteroatoms. The number of para-hydroxylation sites is 1. The molecule has 2 aromatic carbocycles. The Bertz CT molecular complexity index is 453. The zero-order valence-corrected chi connectivity index (χ0v) is 11.4. The Balaban J connectivity index is 2.15. The fourth-order valence-electron chi connectivity index (χ4n) is 1.70. The van der Waals surface area contributed by atoms with Gasteiger partial charge in [0.2, 0.25) is 0 Å². The SMILES string of the molecule is CN(Cc1ccccc1)c1ccccc1I. The summed E-state index contributed by atoms with van der Waals surface area (Å²) in [5.74, 6) is 0. The van der Waals surface area contributed by atoms with E-state index in [-0.39, 0.29) is 0 Å². The van der Waals surface area contributed by atoms with Gasteiger partial charge in [0.05, 0.1) is 5.69 Å². The molecule has 0 aliphatic carbocycles. The Labute approximate surface area is 110 Å². The molecular weight excluding hydrogens is 309 g/mol. The number of nitrogens with zero attached hydrogens (tertiary/aromatic N) is 1. The fraction of sp³-hybridized carbons (Fsp3) is 0.143. The zero-order valence-electron chi connectivity index (χ0n) is 9.23. The van der Waals surface area contributed by atoms with E-state index >= 15 is 0 Å². The van der Waals surface area contributed by atoms with Gasteiger partial charge in [0.1, 0.15) is 0 Å². The Hall–Kier alpha value is -1.03. The third kappa shape index (κ3) is 2.76. The summed E-state index contributed by atoms with van der Waals surface area (Å²) in [6, 6.07) is 19.0. The van der Waals surface area contributed by atoms with Crippen LogP contribution in [0.15, 0.2) is 54.6 Å². The van der Waals surface area contributed by atoms with Crippen molar-refractivity contribution in [3.05, 3.63) is 63.7 Å². The number of anilines is 1. The van der Waals surface area contributed by atoms with Crippen LogP contribution in [0, 0.1) is 3.57 Å². The summed E-state index contributed by atoms with van der Waals surface area (Å²) in [6.07, 6.45) is 0. The predicted molar refractivity (Wildman–Crippen MR) is 77.7 cm³/mol. The smallest absolute Gasteiger partial charge is 0.0502 e. The van der Waals surface area contributed by atoms with Gasteiger partial charge in [-0.05, 0) is 40.3 Å². The maximum absolute atomic E-state index is 2.38. The highest BCUT2D eigenvalue weighted by Gasteiger charge is 2.04. The molecule has 0 bridgehead atoms. The maximum Gasteiger partial charge on any atom is 0.0502 e. The van der Waals surface area contributed by atoms with Crippen LogP contribution < -0.4 is 4.90 Å². The second-order valence-electron chi connectivity index (χ2n) is 3.79. The molecule has 0 fully saturated rings. The Kier molecular flexibility index (Phi) is 3.83. The lowest BCUT2D eigenvalue weighted by molar-refractivity contribution is 0.920. The minimum atomic E-state index is 0.945. The van der Waals surface area contributed by atoms with Crippen molar-refractivity contribution < 1.29 is 0 Å². The first-order valence-electron chi connectivity index (χ1n) is 5.27. The lowest BCUT2D eigenvalue weighted by atomic mass is 10.2. The number of hydrogen-bond donors (Lipinski definition) is 0. The van der Waals surface area contributed by atoms with E-state index in [0.717, 1.165) is 6.54 Å². The molecule has 0 aliphatic rings. The van der Waals surface area contributed by atoms with E-state index < -0.39 is 0 Å². The first-order chi connectivity index (χ1) is 7.77. The van der Waals surface area contributed by atoms with Gasteiger partial charge in [0.15, 0.2) is 0 Å². The first-order valence-corrected chi connectivity index (χ1v) is 6.35. The molecule has 0 aromatic heterocycles. The maximum atomic E-state index is 2.38. The Morgan fingerprint density at radius 3 is 2.25 bits per heavy atom. The number of halogens is 1. The molecule has 2 aromatic rings. The van der Waals surface area contributed by atoms with Crippen LogP contribution in [-0.4, -0.2) is 7.05 Å². The van der Waals surface area contributed by atoms with Crippen LogP contribution in [-0.2, 0) is 6.54 Å². The van der Waals surface area contributed by atoms with E-state index in [1.165, 1.54) is 14.8 Å². The average Bonchev–Trinajstić information content (AvgIpc) is 2.31. The summed E-state index contributed by atoms with van der Waals surface area (Å²) >= 11 is 2.38. The number of hydrogen-bond acceptors (Lipinski definition) is 1. The lowest BCUT2D eigenvalue weighted by Gasteiger charge is -2.20. The number of rotatable bonds is 3. The second kappa shape index (κ2) is 5.34. The van der Waals surface area contributed by atoms with Crippen LogP contribution in [0.3, 0.4) is 0 Å². The molecule has 0 unspecified atom stereocenters. The monoisotopic (exact) mass is 323 g/mol. The standard InChI is InChI=1S/C14H14IN/c1-16(11-12-7-3-2-4-8-12)14-10-6-5-9-13(14)15/h2-10H,11H2,1H3. The van der Waals surface area contributed by atoms with Gasteiger partial charge in [-0.3, -0.25) is 0 Å². The van der Waals surface area contributed by atoms with Crippen LogP contribution in [0.4, 0.5) is 5.69 Å². The zero-order chi connectivity index (χ0) is 11.4. The lowest BCUT2D eigenvalue weighted by Crippen LogP contribution is -2.17. The van der Waals surface area contributed by atoms with Gasteiger partial charge in [0.25, 0.3) is 0 Å². The predicted octanol–water partition coefficient (Wildman–Crippen LogP) is 3.93. The summed E-state index contributed by atoms with van der Waals surface area (Å²) < 4.78 is 1.29. The molecule has 0 spiro atoms. The molecule has 0 saturated carbocycles. The van der Waals surface area contributed by atoms with Crippen LogP contribution in [0.2, 0.25) is 0 Å². The van der Waals surface area contributed by atoms with E-state index in [1.807, 2.05) is 0 Å². The van der Waals surface area contributed by atoms with Crippen molar-refractivity contribution in [2.24, 2.45) is 0 Å². The normalized spacial score (nSPS) is 10.1. The third-order valence-electron chi connectivity index (χ3n) is 2.53. The van der Waals surface area contributed by atoms with Crippen molar-refractivity contribution in [1.82, 2.24) is 0 Å². The quantitative estimate of drug-likeness (QED) is 0.774. The van der Waals surface area contributed by atoms with Crippen molar-refractivity contribution in [3.63, 3.8) is 0 Å². The molecule has 0 radical (unpaired) electrons. The fourth-order valence-corrected chi connectivity index (χ4v) is 2.50. The molecule has 2 rings (SSSR count). The molecule has 82 valence electrons. The van der Waals surface area contributed by atoms with E-state index in [2.05, 4.69) is 89.1 Å². The van der Waals surface area contributed by atoms with Crippen molar-refractivity contribution in [1.29, 1.82) is 0 Å². The average molecular weight is 323 g/mol. The van der Waals surface area contributed by atoms with Crippen molar-refractivity contribution in [2.75, 3.05) is 11.9 Å². The van der Waals surface area contributed by atoms with Crippen molar-refractivity contribution in [3.8, 4) is 0 Å². The van der Waals surface area contributed by atoms with Gasteiger partial charge in [-0.1, -0.05) is 42.5 Å². The largest absolute Gasteiger partial charge is 0.369 e. The molecular formula is C14H14IN. The molecule has 0 N–H and O–H groups in total. The minimum Gasteiger partial charge on any atom is -0.369 e. The summed E-state index contributed by atoms with van der Waals surface area (Å²) in [6.45, 7) is 0.945. The van der Waals surface area contributed by atoms with Gasteiger partial charge < -0.3 is 4.90 Å². The van der Waals surface area contributed by atoms with Gasteiger partial charge in [-0.25, -0.2) is 0 Å². The van der Waals surface area contributed by atoms with E-state index in [1.54, 1.807) is 0 Å². The first kappa shape index (κ1) is 11.5. The minimum absolute atomic E-state index is 0.945. The van der Waals surface area contributed by atoms with Crippen LogP contribution in [0.25, 0.3) is 0 Å². The van der Waals surface area contributed by atoms with E-state index in [9.17, 15) is 0 Å². The summed E-state index contributed by atoms with van der Waals surface area (Å²) in [5.41, 5.74) is 2.62. The van der Waals surface area contributed by atoms with Crippen LogP contribution >= 0.6 is 22.6 Å². The molecule has 0 saturated heterocycles. The van der Waals surface area contributed by atoms with Gasteiger partial charge >= 0.3 is 0 Å². The second-order valence-corrected chi connectivity index (χ2v) is 4.96. The third-order valence-corrected chi connectivity index (χ3v) is 3.44. The molecule has 0 atom stereocenters. The Morgan fingerprint density at radius 2 is 1.56 bits per heavy atom. The van der Waals surface area contributed by atoms with Crippen LogP contribution in [0.5, 0.6) is 0 Å². The van der Waals surface area contributed by atoms with Gasteiger partial charge in [0, 0.05) is 17.2 Å². The van der Waals surface area contributed by atoms with Gasteiger partial charge in [-0.15, -0.1) is 0 Å². The van der Waals surface area contributed by atoms with Crippen LogP contribution in [0.1, 0.15) is 5.56 Å². The highest BCUT2D eigenvalue weighted by atomic mass is 127. The molecule has 0 heterocycles. The van der Waals surface area contributed by atoms with E-state index in [4.69, 9.17) is 0 Å². The molecule has 0 amide bonds. The highest BCUT2D eigenvalue weighted by Crippen LogP contribution is 2.22. The molecule has 0 aliphatic heterocycles. The molecule has 16 heavy (non-hydrogen) atoms. The Morgan fingerprint density at radius 1 is 0.938 bits per heavy atom. The molecule has 1 nitrogen and oxygen atoms in total. The topological polar surface area (TPSA) is 3.24 Å². The van der Waals surface area contributed by atoms with Crippen molar-refractivity contribution >= 4 is 28.3 Å². The highest BCUT2D eigenvalue weighted by molar-refractivity contribution is 14.1.